The van der Waals surface area contributed by atoms with Crippen molar-refractivity contribution in [3.63, 3.8) is 0 Å². The van der Waals surface area contributed by atoms with Gasteiger partial charge in [0, 0.05) is 11.9 Å². The van der Waals surface area contributed by atoms with Crippen LogP contribution in [0.1, 0.15) is 5.56 Å². The highest BCUT2D eigenvalue weighted by atomic mass is 32.2. The first kappa shape index (κ1) is 14.6. The highest BCUT2D eigenvalue weighted by molar-refractivity contribution is 7.92. The van der Waals surface area contributed by atoms with E-state index in [0.29, 0.717) is 11.4 Å². The van der Waals surface area contributed by atoms with Gasteiger partial charge in [0.2, 0.25) is 10.0 Å². The molecule has 0 saturated carbocycles. The lowest BCUT2D eigenvalue weighted by molar-refractivity contribution is 0.607. The summed E-state index contributed by atoms with van der Waals surface area (Å²) >= 11 is 0. The zero-order valence-electron chi connectivity index (χ0n) is 10.4. The summed E-state index contributed by atoms with van der Waals surface area (Å²) in [6, 6.07) is 8.45. The molecule has 98 valence electrons. The van der Waals surface area contributed by atoms with Gasteiger partial charge < -0.3 is 5.32 Å². The third kappa shape index (κ3) is 4.70. The lowest BCUT2D eigenvalue weighted by atomic mass is 10.2. The van der Waals surface area contributed by atoms with Gasteiger partial charge in [-0.25, -0.2) is 8.42 Å². The van der Waals surface area contributed by atoms with Crippen molar-refractivity contribution < 1.29 is 8.42 Å². The first-order valence-electron chi connectivity index (χ1n) is 5.21. The summed E-state index contributed by atoms with van der Waals surface area (Å²) in [4.78, 5) is 0. The number of anilines is 2. The monoisotopic (exact) mass is 276 g/mol. The Morgan fingerprint density at radius 2 is 1.95 bits per heavy atom. The van der Waals surface area contributed by atoms with Crippen molar-refractivity contribution in [2.24, 2.45) is 0 Å². The minimum absolute atomic E-state index is 0.0711. The molecule has 0 atom stereocenters. The van der Waals surface area contributed by atoms with E-state index in [1.807, 2.05) is 0 Å². The number of aryl methyl sites for hydroxylation is 1. The molecular weight excluding hydrogens is 264 g/mol. The van der Waals surface area contributed by atoms with Crippen LogP contribution in [0.3, 0.4) is 0 Å². The molecule has 0 aliphatic heterocycles. The second-order valence-electron chi connectivity index (χ2n) is 3.83. The van der Waals surface area contributed by atoms with Gasteiger partial charge >= 0.3 is 0 Å². The number of allylic oxidation sites excluding steroid dienone is 1. The van der Waals surface area contributed by atoms with Gasteiger partial charge in [-0.2, -0.15) is 10.5 Å². The van der Waals surface area contributed by atoms with Crippen LogP contribution in [0, 0.1) is 29.6 Å². The fourth-order valence-electron chi connectivity index (χ4n) is 1.27. The van der Waals surface area contributed by atoms with E-state index in [1.54, 1.807) is 37.3 Å². The van der Waals surface area contributed by atoms with Crippen LogP contribution < -0.4 is 10.0 Å². The molecule has 2 N–H and O–H groups in total. The molecule has 0 aliphatic rings. The Morgan fingerprint density at radius 3 is 2.47 bits per heavy atom. The quantitative estimate of drug-likeness (QED) is 0.814. The number of nitriles is 2. The predicted octanol–water partition coefficient (Wildman–Crippen LogP) is 1.71. The Hall–Kier alpha value is -2.51. The molecule has 6 nitrogen and oxygen atoms in total. The average molecular weight is 276 g/mol. The van der Waals surface area contributed by atoms with E-state index in [0.717, 1.165) is 11.8 Å². The van der Waals surface area contributed by atoms with Crippen LogP contribution >= 0.6 is 0 Å². The number of hydrogen-bond donors (Lipinski definition) is 2. The summed E-state index contributed by atoms with van der Waals surface area (Å²) in [5, 5.41) is 19.9. The van der Waals surface area contributed by atoms with Gasteiger partial charge in [0.05, 0.1) is 11.9 Å². The van der Waals surface area contributed by atoms with Crippen LogP contribution in [0.5, 0.6) is 0 Å². The minimum atomic E-state index is -3.35. The highest BCUT2D eigenvalue weighted by Crippen LogP contribution is 2.21. The normalized spacial score (nSPS) is 9.89. The molecule has 0 aliphatic carbocycles. The largest absolute Gasteiger partial charge is 0.360 e. The molecule has 0 unspecified atom stereocenters. The van der Waals surface area contributed by atoms with Gasteiger partial charge in [0.25, 0.3) is 0 Å². The molecule has 0 heterocycles. The van der Waals surface area contributed by atoms with Crippen molar-refractivity contribution in [1.29, 1.82) is 10.5 Å². The highest BCUT2D eigenvalue weighted by Gasteiger charge is 2.05. The maximum absolute atomic E-state index is 11.2. The van der Waals surface area contributed by atoms with Crippen molar-refractivity contribution in [1.82, 2.24) is 0 Å². The van der Waals surface area contributed by atoms with Gasteiger partial charge in [-0.1, -0.05) is 6.07 Å². The van der Waals surface area contributed by atoms with Crippen LogP contribution in [-0.4, -0.2) is 14.7 Å². The van der Waals surface area contributed by atoms with Crippen LogP contribution in [0.4, 0.5) is 11.4 Å². The van der Waals surface area contributed by atoms with Crippen molar-refractivity contribution in [2.75, 3.05) is 16.3 Å². The van der Waals surface area contributed by atoms with Gasteiger partial charge in [0.15, 0.2) is 0 Å². The fraction of sp³-hybridized carbons (Fsp3) is 0.167. The number of sulfonamides is 1. The molecule has 0 aromatic heterocycles. The number of hydrogen-bond acceptors (Lipinski definition) is 5. The third-order valence-corrected chi connectivity index (χ3v) is 2.75. The minimum Gasteiger partial charge on any atom is -0.360 e. The van der Waals surface area contributed by atoms with Crippen molar-refractivity contribution >= 4 is 21.4 Å². The molecule has 0 bridgehead atoms. The molecule has 0 spiro atoms. The Balaban J connectivity index is 3.01. The molecule has 1 rings (SSSR count). The van der Waals surface area contributed by atoms with E-state index in [1.165, 1.54) is 6.20 Å². The summed E-state index contributed by atoms with van der Waals surface area (Å²) in [6.07, 6.45) is 2.32. The van der Waals surface area contributed by atoms with E-state index < -0.39 is 10.0 Å². The van der Waals surface area contributed by atoms with E-state index in [-0.39, 0.29) is 5.57 Å². The number of nitrogens with one attached hydrogen (secondary N) is 2. The maximum atomic E-state index is 11.2. The van der Waals surface area contributed by atoms with E-state index in [2.05, 4.69) is 10.0 Å². The number of nitrogens with zero attached hydrogens (tertiary/aromatic N) is 2. The molecule has 0 radical (unpaired) electrons. The summed E-state index contributed by atoms with van der Waals surface area (Å²) < 4.78 is 24.8. The molecule has 1 aromatic rings. The lowest BCUT2D eigenvalue weighted by Gasteiger charge is -2.09. The number of benzene rings is 1. The van der Waals surface area contributed by atoms with E-state index in [4.69, 9.17) is 10.5 Å². The molecule has 1 aromatic carbocycles. The lowest BCUT2D eigenvalue weighted by Crippen LogP contribution is -2.10. The summed E-state index contributed by atoms with van der Waals surface area (Å²) in [7, 11) is -3.35. The average Bonchev–Trinajstić information content (AvgIpc) is 2.32. The van der Waals surface area contributed by atoms with Gasteiger partial charge in [0.1, 0.15) is 17.7 Å². The van der Waals surface area contributed by atoms with Gasteiger partial charge in [-0.05, 0) is 24.6 Å². The van der Waals surface area contributed by atoms with Crippen LogP contribution in [-0.2, 0) is 10.0 Å². The van der Waals surface area contributed by atoms with Crippen LogP contribution in [0.15, 0.2) is 30.0 Å². The summed E-state index contributed by atoms with van der Waals surface area (Å²) in [5.74, 6) is 0. The van der Waals surface area contributed by atoms with E-state index >= 15 is 0 Å². The molecule has 0 fully saturated rings. The molecule has 0 saturated heterocycles. The Kier molecular flexibility index (Phi) is 4.51. The predicted molar refractivity (Wildman–Crippen MR) is 72.6 cm³/mol. The van der Waals surface area contributed by atoms with Crippen molar-refractivity contribution in [3.8, 4) is 12.1 Å². The second-order valence-corrected chi connectivity index (χ2v) is 5.58. The molecule has 19 heavy (non-hydrogen) atoms. The Labute approximate surface area is 112 Å². The summed E-state index contributed by atoms with van der Waals surface area (Å²) in [6.45, 7) is 1.77. The van der Waals surface area contributed by atoms with Gasteiger partial charge in [-0.15, -0.1) is 0 Å². The number of rotatable bonds is 4. The second kappa shape index (κ2) is 5.89. The Bertz CT molecular complexity index is 677. The van der Waals surface area contributed by atoms with Crippen LogP contribution in [0.25, 0.3) is 0 Å². The molecule has 0 amide bonds. The fourth-order valence-corrected chi connectivity index (χ4v) is 1.89. The maximum Gasteiger partial charge on any atom is 0.229 e. The first-order valence-corrected chi connectivity index (χ1v) is 7.10. The molecule has 7 heteroatoms. The van der Waals surface area contributed by atoms with Crippen LogP contribution in [0.2, 0.25) is 0 Å². The smallest absolute Gasteiger partial charge is 0.229 e. The first-order chi connectivity index (χ1) is 8.85. The SMILES string of the molecule is Cc1ccc(NC=C(C#N)C#N)cc1NS(C)(=O)=O. The zero-order valence-corrected chi connectivity index (χ0v) is 11.2. The topological polar surface area (TPSA) is 106 Å². The van der Waals surface area contributed by atoms with E-state index in [9.17, 15) is 8.42 Å². The third-order valence-electron chi connectivity index (χ3n) is 2.16. The van der Waals surface area contributed by atoms with Gasteiger partial charge in [-0.3, -0.25) is 4.72 Å². The zero-order chi connectivity index (χ0) is 14.5. The Morgan fingerprint density at radius 1 is 1.32 bits per heavy atom. The standard InChI is InChI=1S/C12H12N4O2S/c1-9-3-4-11(15-8-10(6-13)7-14)5-12(9)16-19(2,17)18/h3-5,8,15-16H,1-2H3. The summed E-state index contributed by atoms with van der Waals surface area (Å²) in [5.41, 5.74) is 1.70. The van der Waals surface area contributed by atoms with Crippen molar-refractivity contribution in [3.05, 3.63) is 35.5 Å². The van der Waals surface area contributed by atoms with Crippen molar-refractivity contribution in [2.45, 2.75) is 6.92 Å². The molecular formula is C12H12N4O2S.